The van der Waals surface area contributed by atoms with Gasteiger partial charge in [-0.15, -0.1) is 10.1 Å². The number of phenolic OH excluding ortho intramolecular Hbond substituents is 2. The third-order valence-electron chi connectivity index (χ3n) is 6.98. The zero-order valence-electron chi connectivity index (χ0n) is 18.4. The second kappa shape index (κ2) is 9.11. The summed E-state index contributed by atoms with van der Waals surface area (Å²) in [6.45, 7) is 3.41. The predicted molar refractivity (Wildman–Crippen MR) is 109 cm³/mol. The minimum absolute atomic E-state index is 0.0177. The number of nitrogens with zero attached hydrogens (tertiary/aromatic N) is 1. The Bertz CT molecular complexity index is 925. The molecule has 0 spiro atoms. The first-order valence-electron chi connectivity index (χ1n) is 10.8. The van der Waals surface area contributed by atoms with Crippen LogP contribution in [0.15, 0.2) is 12.1 Å². The number of benzene rings is 1. The lowest BCUT2D eigenvalue weighted by molar-refractivity contribution is -0.757. The predicted octanol–water partition coefficient (Wildman–Crippen LogP) is 3.83. The van der Waals surface area contributed by atoms with E-state index in [1.807, 2.05) is 13.8 Å². The Morgan fingerprint density at radius 1 is 1.21 bits per heavy atom. The summed E-state index contributed by atoms with van der Waals surface area (Å²) in [7, 11) is 0. The normalized spacial score (nSPS) is 23.5. The van der Waals surface area contributed by atoms with Gasteiger partial charge in [0.2, 0.25) is 0 Å². The molecule has 3 atom stereocenters. The van der Waals surface area contributed by atoms with Crippen molar-refractivity contribution in [2.24, 2.45) is 17.3 Å². The van der Waals surface area contributed by atoms with E-state index in [0.717, 1.165) is 12.1 Å². The van der Waals surface area contributed by atoms with Gasteiger partial charge in [0.15, 0.2) is 0 Å². The van der Waals surface area contributed by atoms with Crippen LogP contribution in [0.25, 0.3) is 0 Å². The van der Waals surface area contributed by atoms with Gasteiger partial charge in [-0.3, -0.25) is 4.79 Å². The molecule has 3 fully saturated rings. The number of Topliss-reactive ketones (excluding diaryl/α,β-unsaturated/α-hetero) is 1. The number of hydrogen-bond acceptors (Lipinski definition) is 8. The molecule has 1 aromatic carbocycles. The molecular formula is C22H27F2NO8. The standard InChI is InChI=1S/C22H27F2NO8/c1-21(2)14-11-15(21)16(26)10-13(14)19-17(27)8-12(9-18(19)28)22(23,24)20(29)32-6-4-3-5-7-33-25(30)31/h8-9,13-15,27-28H,3-7,10-11H2,1-2H3/t13-,14+,15-/m0/s1. The van der Waals surface area contributed by atoms with E-state index in [9.17, 15) is 38.7 Å². The van der Waals surface area contributed by atoms with Crippen LogP contribution in [-0.2, 0) is 25.1 Å². The highest BCUT2D eigenvalue weighted by atomic mass is 19.3. The highest BCUT2D eigenvalue weighted by Gasteiger charge is 2.59. The SMILES string of the molecule is CC1(C)[C@@H]2C[C@H]1C(=O)C[C@@H]2c1c(O)cc(C(F)(F)C(=O)OCCCCCO[N+](=O)[O-])cc1O. The van der Waals surface area contributed by atoms with Crippen LogP contribution in [0.1, 0.15) is 63.0 Å². The van der Waals surface area contributed by atoms with Crippen LogP contribution in [0.5, 0.6) is 11.5 Å². The maximum absolute atomic E-state index is 14.6. The van der Waals surface area contributed by atoms with Gasteiger partial charge in [0.05, 0.1) is 13.2 Å². The summed E-state index contributed by atoms with van der Waals surface area (Å²) < 4.78 is 33.9. The molecule has 2 bridgehead atoms. The molecule has 1 aromatic rings. The van der Waals surface area contributed by atoms with E-state index in [-0.39, 0.29) is 54.7 Å². The molecule has 2 N–H and O–H groups in total. The summed E-state index contributed by atoms with van der Waals surface area (Å²) in [4.78, 5) is 38.5. The zero-order chi connectivity index (χ0) is 24.6. The zero-order valence-corrected chi connectivity index (χ0v) is 18.4. The van der Waals surface area contributed by atoms with Gasteiger partial charge in [0.25, 0.3) is 5.09 Å². The molecule has 33 heavy (non-hydrogen) atoms. The third-order valence-corrected chi connectivity index (χ3v) is 6.98. The largest absolute Gasteiger partial charge is 0.508 e. The van der Waals surface area contributed by atoms with Crippen molar-refractivity contribution in [1.29, 1.82) is 0 Å². The number of rotatable bonds is 10. The van der Waals surface area contributed by atoms with Crippen LogP contribution in [0.3, 0.4) is 0 Å². The topological polar surface area (TPSA) is 136 Å². The van der Waals surface area contributed by atoms with E-state index in [4.69, 9.17) is 0 Å². The number of fused-ring (bicyclic) bond motifs is 2. The Kier molecular flexibility index (Phi) is 6.80. The van der Waals surface area contributed by atoms with Crippen molar-refractivity contribution in [3.8, 4) is 11.5 Å². The van der Waals surface area contributed by atoms with Gasteiger partial charge in [-0.1, -0.05) is 13.8 Å². The Morgan fingerprint density at radius 2 is 1.82 bits per heavy atom. The number of alkyl halides is 2. The number of carbonyl (C=O) groups excluding carboxylic acids is 2. The molecule has 0 aliphatic heterocycles. The molecule has 11 heteroatoms. The summed E-state index contributed by atoms with van der Waals surface area (Å²) in [6, 6.07) is 1.46. The first-order chi connectivity index (χ1) is 15.4. The fourth-order valence-corrected chi connectivity index (χ4v) is 5.07. The van der Waals surface area contributed by atoms with E-state index in [1.165, 1.54) is 0 Å². The van der Waals surface area contributed by atoms with Crippen molar-refractivity contribution in [2.45, 2.75) is 57.8 Å². The first kappa shape index (κ1) is 24.7. The Hall–Kier alpha value is -2.98. The number of esters is 1. The van der Waals surface area contributed by atoms with Crippen molar-refractivity contribution in [1.82, 2.24) is 0 Å². The molecule has 0 radical (unpaired) electrons. The lowest BCUT2D eigenvalue weighted by Crippen LogP contribution is -2.56. The van der Waals surface area contributed by atoms with Crippen LogP contribution in [0, 0.1) is 27.4 Å². The average molecular weight is 471 g/mol. The highest BCUT2D eigenvalue weighted by molar-refractivity contribution is 5.86. The van der Waals surface area contributed by atoms with Crippen LogP contribution < -0.4 is 0 Å². The van der Waals surface area contributed by atoms with Crippen molar-refractivity contribution in [3.05, 3.63) is 33.4 Å². The van der Waals surface area contributed by atoms with Crippen LogP contribution >= 0.6 is 0 Å². The number of ketones is 1. The van der Waals surface area contributed by atoms with Gasteiger partial charge in [-0.25, -0.2) is 4.79 Å². The average Bonchev–Trinajstić information content (AvgIpc) is 2.71. The van der Waals surface area contributed by atoms with E-state index in [0.29, 0.717) is 19.3 Å². The smallest absolute Gasteiger partial charge is 0.381 e. The number of unbranched alkanes of at least 4 members (excludes halogenated alkanes) is 2. The fourth-order valence-electron chi connectivity index (χ4n) is 5.07. The molecule has 0 heterocycles. The van der Waals surface area contributed by atoms with Gasteiger partial charge >= 0.3 is 11.9 Å². The number of aromatic hydroxyl groups is 2. The number of carbonyl (C=O) groups is 2. The molecule has 9 nitrogen and oxygen atoms in total. The van der Waals surface area contributed by atoms with Gasteiger partial charge in [-0.05, 0) is 49.1 Å². The van der Waals surface area contributed by atoms with Gasteiger partial charge in [0, 0.05) is 29.4 Å². The molecule has 3 aliphatic rings. The highest BCUT2D eigenvalue weighted by Crippen LogP contribution is 2.64. The summed E-state index contributed by atoms with van der Waals surface area (Å²) in [6.07, 6.45) is 1.59. The van der Waals surface area contributed by atoms with Crippen molar-refractivity contribution in [3.63, 3.8) is 0 Å². The van der Waals surface area contributed by atoms with Crippen LogP contribution in [0.2, 0.25) is 0 Å². The second-order valence-corrected chi connectivity index (χ2v) is 9.25. The maximum atomic E-state index is 14.6. The van der Waals surface area contributed by atoms with Crippen molar-refractivity contribution in [2.75, 3.05) is 13.2 Å². The molecule has 0 unspecified atom stereocenters. The number of ether oxygens (including phenoxy) is 1. The monoisotopic (exact) mass is 471 g/mol. The molecule has 4 rings (SSSR count). The second-order valence-electron chi connectivity index (χ2n) is 9.25. The molecular weight excluding hydrogens is 444 g/mol. The molecule has 0 aromatic heterocycles. The van der Waals surface area contributed by atoms with E-state index < -0.39 is 40.0 Å². The van der Waals surface area contributed by atoms with Gasteiger partial charge in [-0.2, -0.15) is 8.78 Å². The van der Waals surface area contributed by atoms with Gasteiger partial charge < -0.3 is 19.8 Å². The fraction of sp³-hybridized carbons (Fsp3) is 0.636. The third kappa shape index (κ3) is 4.72. The van der Waals surface area contributed by atoms with Crippen LogP contribution in [-0.4, -0.2) is 40.3 Å². The quantitative estimate of drug-likeness (QED) is 0.227. The lowest BCUT2D eigenvalue weighted by Gasteiger charge is -2.59. The van der Waals surface area contributed by atoms with Crippen molar-refractivity contribution < 1.29 is 43.2 Å². The van der Waals surface area contributed by atoms with Crippen LogP contribution in [0.4, 0.5) is 8.78 Å². The minimum Gasteiger partial charge on any atom is -0.508 e. The Morgan fingerprint density at radius 3 is 2.36 bits per heavy atom. The lowest BCUT2D eigenvalue weighted by atomic mass is 9.44. The van der Waals surface area contributed by atoms with E-state index in [1.54, 1.807) is 0 Å². The number of halogens is 2. The summed E-state index contributed by atoms with van der Waals surface area (Å²) >= 11 is 0. The minimum atomic E-state index is -4.12. The van der Waals surface area contributed by atoms with Gasteiger partial charge in [0.1, 0.15) is 17.3 Å². The molecule has 0 amide bonds. The molecule has 0 saturated heterocycles. The molecule has 3 saturated carbocycles. The summed E-state index contributed by atoms with van der Waals surface area (Å²) in [5.41, 5.74) is -1.18. The Balaban J connectivity index is 1.65. The number of phenols is 2. The summed E-state index contributed by atoms with van der Waals surface area (Å²) in [5.74, 6) is -7.67. The summed E-state index contributed by atoms with van der Waals surface area (Å²) in [5, 5.41) is 30.0. The molecule has 182 valence electrons. The Labute approximate surface area is 188 Å². The van der Waals surface area contributed by atoms with Crippen molar-refractivity contribution >= 4 is 11.8 Å². The van der Waals surface area contributed by atoms with E-state index >= 15 is 0 Å². The number of hydrogen-bond donors (Lipinski definition) is 2. The maximum Gasteiger partial charge on any atom is 0.381 e. The first-order valence-corrected chi connectivity index (χ1v) is 10.8. The molecule has 3 aliphatic carbocycles. The van der Waals surface area contributed by atoms with E-state index in [2.05, 4.69) is 9.57 Å².